The van der Waals surface area contributed by atoms with Gasteiger partial charge in [0.25, 0.3) is 0 Å². The van der Waals surface area contributed by atoms with E-state index in [4.69, 9.17) is 9.47 Å². The number of hydrogen-bond acceptors (Lipinski definition) is 6. The van der Waals surface area contributed by atoms with E-state index in [-0.39, 0.29) is 24.5 Å². The molecule has 0 bridgehead atoms. The first-order valence-electron chi connectivity index (χ1n) is 9.75. The number of carbonyl (C=O) groups excluding carboxylic acids is 1. The van der Waals surface area contributed by atoms with Gasteiger partial charge in [0.15, 0.2) is 17.1 Å². The zero-order valence-corrected chi connectivity index (χ0v) is 17.1. The minimum atomic E-state index is -0.394. The molecule has 0 radical (unpaired) electrons. The van der Waals surface area contributed by atoms with Gasteiger partial charge in [-0.3, -0.25) is 4.79 Å². The van der Waals surface area contributed by atoms with Crippen molar-refractivity contribution in [3.05, 3.63) is 28.9 Å². The summed E-state index contributed by atoms with van der Waals surface area (Å²) in [4.78, 5) is 32.0. The van der Waals surface area contributed by atoms with Gasteiger partial charge in [-0.1, -0.05) is 0 Å². The van der Waals surface area contributed by atoms with E-state index in [1.54, 1.807) is 26.4 Å². The van der Waals surface area contributed by atoms with Crippen molar-refractivity contribution in [3.8, 4) is 11.5 Å². The molecular weight excluding hydrogens is 374 g/mol. The number of nitrogens with zero attached hydrogens (tertiary/aromatic N) is 5. The molecule has 29 heavy (non-hydrogen) atoms. The van der Waals surface area contributed by atoms with E-state index in [9.17, 15) is 9.59 Å². The fourth-order valence-corrected chi connectivity index (χ4v) is 4.21. The van der Waals surface area contributed by atoms with Gasteiger partial charge in [0.1, 0.15) is 12.9 Å². The second-order valence-corrected chi connectivity index (χ2v) is 7.53. The maximum atomic E-state index is 12.9. The number of methoxy groups -OCH3 is 2. The quantitative estimate of drug-likeness (QED) is 0.665. The number of ether oxygens (including phenoxy) is 2. The summed E-state index contributed by atoms with van der Waals surface area (Å²) in [6, 6.07) is 3.81. The number of benzene rings is 1. The number of hydrogen-bond donors (Lipinski definition) is 0. The Hall–Kier alpha value is -3.10. The molecular formula is C20H25N5O4. The van der Waals surface area contributed by atoms with E-state index >= 15 is 0 Å². The Kier molecular flexibility index (Phi) is 4.89. The third kappa shape index (κ3) is 3.20. The van der Waals surface area contributed by atoms with E-state index < -0.39 is 5.69 Å². The van der Waals surface area contributed by atoms with Crippen LogP contribution in [-0.4, -0.2) is 56.3 Å². The predicted octanol–water partition coefficient (Wildman–Crippen LogP) is 1.85. The van der Waals surface area contributed by atoms with Crippen LogP contribution in [0.2, 0.25) is 0 Å². The van der Waals surface area contributed by atoms with Crippen LogP contribution in [0.15, 0.2) is 23.3 Å². The summed E-state index contributed by atoms with van der Waals surface area (Å²) in [6.07, 6.45) is 4.49. The first-order chi connectivity index (χ1) is 13.9. The molecule has 3 heterocycles. The third-order valence-electron chi connectivity index (χ3n) is 5.69. The van der Waals surface area contributed by atoms with Crippen LogP contribution in [0, 0.1) is 0 Å². The monoisotopic (exact) mass is 399 g/mol. The molecule has 3 aromatic rings. The molecule has 9 heteroatoms. The van der Waals surface area contributed by atoms with Crippen molar-refractivity contribution in [2.45, 2.75) is 51.7 Å². The summed E-state index contributed by atoms with van der Waals surface area (Å²) in [5.41, 5.74) is 0.653. The molecule has 154 valence electrons. The second kappa shape index (κ2) is 7.38. The molecule has 1 aliphatic heterocycles. The van der Waals surface area contributed by atoms with Crippen molar-refractivity contribution in [3.63, 3.8) is 0 Å². The van der Waals surface area contributed by atoms with E-state index in [0.717, 1.165) is 19.3 Å². The topological polar surface area (TPSA) is 91.0 Å². The number of aromatic nitrogens is 4. The van der Waals surface area contributed by atoms with Gasteiger partial charge in [-0.2, -0.15) is 0 Å². The number of amides is 1. The molecule has 2 unspecified atom stereocenters. The Bertz CT molecular complexity index is 1130. The normalized spacial score (nSPS) is 19.7. The molecule has 4 rings (SSSR count). The Morgan fingerprint density at radius 2 is 1.79 bits per heavy atom. The van der Waals surface area contributed by atoms with E-state index in [1.807, 2.05) is 4.90 Å². The van der Waals surface area contributed by atoms with Crippen LogP contribution in [0.1, 0.15) is 33.1 Å². The lowest BCUT2D eigenvalue weighted by atomic mass is 9.97. The zero-order chi connectivity index (χ0) is 20.7. The highest BCUT2D eigenvalue weighted by Gasteiger charge is 2.29. The molecule has 1 saturated heterocycles. The van der Waals surface area contributed by atoms with E-state index in [2.05, 4.69) is 23.9 Å². The van der Waals surface area contributed by atoms with Gasteiger partial charge in [-0.05, 0) is 39.2 Å². The van der Waals surface area contributed by atoms with Crippen LogP contribution in [-0.2, 0) is 11.3 Å². The lowest BCUT2D eigenvalue weighted by molar-refractivity contribution is -0.138. The number of carbonyl (C=O) groups is 1. The highest BCUT2D eigenvalue weighted by atomic mass is 16.5. The maximum absolute atomic E-state index is 12.9. The van der Waals surface area contributed by atoms with E-state index in [1.165, 1.54) is 15.4 Å². The minimum Gasteiger partial charge on any atom is -0.493 e. The summed E-state index contributed by atoms with van der Waals surface area (Å²) in [5, 5.41) is 5.09. The largest absolute Gasteiger partial charge is 0.493 e. The molecule has 2 aromatic heterocycles. The number of fused-ring (bicyclic) bond motifs is 3. The van der Waals surface area contributed by atoms with Gasteiger partial charge in [0, 0.05) is 23.5 Å². The molecule has 0 spiro atoms. The summed E-state index contributed by atoms with van der Waals surface area (Å²) in [7, 11) is 3.09. The van der Waals surface area contributed by atoms with Crippen molar-refractivity contribution in [1.29, 1.82) is 0 Å². The fraction of sp³-hybridized carbons (Fsp3) is 0.500. The number of rotatable bonds is 4. The minimum absolute atomic E-state index is 0.0910. The van der Waals surface area contributed by atoms with Crippen LogP contribution >= 0.6 is 0 Å². The average Bonchev–Trinajstić information content (AvgIpc) is 3.02. The van der Waals surface area contributed by atoms with Crippen molar-refractivity contribution in [2.75, 3.05) is 14.2 Å². The van der Waals surface area contributed by atoms with Crippen LogP contribution in [0.5, 0.6) is 11.5 Å². The third-order valence-corrected chi connectivity index (χ3v) is 5.69. The molecule has 0 aliphatic carbocycles. The van der Waals surface area contributed by atoms with Gasteiger partial charge >= 0.3 is 5.69 Å². The van der Waals surface area contributed by atoms with Crippen LogP contribution in [0.4, 0.5) is 0 Å². The second-order valence-electron chi connectivity index (χ2n) is 7.53. The van der Waals surface area contributed by atoms with Crippen molar-refractivity contribution >= 4 is 22.5 Å². The van der Waals surface area contributed by atoms with Crippen LogP contribution in [0.3, 0.4) is 0 Å². The smallest absolute Gasteiger partial charge is 0.352 e. The first-order valence-corrected chi connectivity index (χ1v) is 9.75. The average molecular weight is 399 g/mol. The number of piperidine rings is 1. The molecule has 1 aliphatic rings. The summed E-state index contributed by atoms with van der Waals surface area (Å²) >= 11 is 0. The van der Waals surface area contributed by atoms with Gasteiger partial charge in [-0.25, -0.2) is 18.9 Å². The molecule has 1 amide bonds. The Labute approximate surface area is 167 Å². The van der Waals surface area contributed by atoms with Crippen molar-refractivity contribution in [2.24, 2.45) is 0 Å². The molecule has 1 fully saturated rings. The van der Waals surface area contributed by atoms with Crippen molar-refractivity contribution in [1.82, 2.24) is 24.1 Å². The SMILES string of the molecule is COc1cc2ncn3c(=O)n(CC(=O)N4C(C)CCCC4C)nc3c2cc1OC. The van der Waals surface area contributed by atoms with Gasteiger partial charge < -0.3 is 14.4 Å². The molecule has 1 aromatic carbocycles. The van der Waals surface area contributed by atoms with Crippen LogP contribution < -0.4 is 15.2 Å². The fourth-order valence-electron chi connectivity index (χ4n) is 4.21. The highest BCUT2D eigenvalue weighted by Crippen LogP contribution is 2.32. The standard InChI is InChI=1S/C20H25N5O4/c1-12-6-5-7-13(2)25(12)18(26)10-24-20(27)23-11-21-15-9-17(29-4)16(28-3)8-14(15)19(23)22-24/h8-9,11-13H,5-7,10H2,1-4H3. The van der Waals surface area contributed by atoms with E-state index in [0.29, 0.717) is 28.0 Å². The molecule has 0 saturated carbocycles. The van der Waals surface area contributed by atoms with Gasteiger partial charge in [0.2, 0.25) is 5.91 Å². The maximum Gasteiger partial charge on any atom is 0.352 e. The Morgan fingerprint density at radius 1 is 1.14 bits per heavy atom. The predicted molar refractivity (Wildman–Crippen MR) is 107 cm³/mol. The molecule has 0 N–H and O–H groups in total. The Balaban J connectivity index is 1.76. The molecule has 2 atom stereocenters. The Morgan fingerprint density at radius 3 is 2.45 bits per heavy atom. The molecule has 9 nitrogen and oxygen atoms in total. The lowest BCUT2D eigenvalue weighted by Gasteiger charge is -2.39. The summed E-state index contributed by atoms with van der Waals surface area (Å²) < 4.78 is 13.2. The lowest BCUT2D eigenvalue weighted by Crippen LogP contribution is -2.49. The number of likely N-dealkylation sites (tertiary alicyclic amines) is 1. The van der Waals surface area contributed by atoms with Gasteiger partial charge in [-0.15, -0.1) is 5.10 Å². The first kappa shape index (κ1) is 19.2. The summed E-state index contributed by atoms with van der Waals surface area (Å²) in [5.74, 6) is 0.970. The summed E-state index contributed by atoms with van der Waals surface area (Å²) in [6.45, 7) is 4.01. The highest BCUT2D eigenvalue weighted by molar-refractivity contribution is 5.93. The van der Waals surface area contributed by atoms with Gasteiger partial charge in [0.05, 0.1) is 19.7 Å². The van der Waals surface area contributed by atoms with Crippen LogP contribution in [0.25, 0.3) is 16.6 Å². The zero-order valence-electron chi connectivity index (χ0n) is 17.1. The van der Waals surface area contributed by atoms with Crippen molar-refractivity contribution < 1.29 is 14.3 Å².